The summed E-state index contributed by atoms with van der Waals surface area (Å²) in [6.07, 6.45) is 4.28. The average Bonchev–Trinajstić information content (AvgIpc) is 2.80. The zero-order valence-corrected chi connectivity index (χ0v) is 13.9. The van der Waals surface area contributed by atoms with Crippen molar-refractivity contribution in [2.24, 2.45) is 11.8 Å². The van der Waals surface area contributed by atoms with Crippen LogP contribution in [0.2, 0.25) is 0 Å². The molecule has 112 valence electrons. The second-order valence-electron chi connectivity index (χ2n) is 6.93. The topological polar surface area (TPSA) is 15.3 Å². The van der Waals surface area contributed by atoms with Crippen molar-refractivity contribution in [1.82, 2.24) is 10.2 Å². The Labute approximate surface area is 127 Å². The largest absolute Gasteiger partial charge is 0.308 e. The van der Waals surface area contributed by atoms with Crippen molar-refractivity contribution in [3.63, 3.8) is 0 Å². The molecule has 2 bridgehead atoms. The van der Waals surface area contributed by atoms with Gasteiger partial charge in [0.2, 0.25) is 0 Å². The molecule has 0 amide bonds. The highest BCUT2D eigenvalue weighted by Crippen LogP contribution is 2.36. The average molecular weight is 292 g/mol. The summed E-state index contributed by atoms with van der Waals surface area (Å²) in [6, 6.07) is 3.70. The standard InChI is InChI=1S/C17H28N2S/c1-12(2)19-10-14-5-4-6-15(11-19)17(14)18-9-16-13(3)7-8-20-16/h7-8,12,14-15,17-18H,4-6,9-11H2,1-3H3. The van der Waals surface area contributed by atoms with E-state index in [1.54, 1.807) is 0 Å². The monoisotopic (exact) mass is 292 g/mol. The van der Waals surface area contributed by atoms with Gasteiger partial charge in [-0.15, -0.1) is 11.3 Å². The molecule has 0 spiro atoms. The van der Waals surface area contributed by atoms with E-state index in [0.717, 1.165) is 24.4 Å². The van der Waals surface area contributed by atoms with E-state index in [-0.39, 0.29) is 0 Å². The van der Waals surface area contributed by atoms with Gasteiger partial charge >= 0.3 is 0 Å². The molecular weight excluding hydrogens is 264 g/mol. The zero-order valence-electron chi connectivity index (χ0n) is 13.1. The molecule has 0 aromatic carbocycles. The van der Waals surface area contributed by atoms with Gasteiger partial charge in [-0.05, 0) is 62.5 Å². The molecule has 2 unspecified atom stereocenters. The van der Waals surface area contributed by atoms with Crippen LogP contribution >= 0.6 is 11.3 Å². The maximum atomic E-state index is 3.91. The smallest absolute Gasteiger partial charge is 0.0305 e. The van der Waals surface area contributed by atoms with Crippen LogP contribution in [-0.2, 0) is 6.54 Å². The highest BCUT2D eigenvalue weighted by atomic mass is 32.1. The van der Waals surface area contributed by atoms with Crippen molar-refractivity contribution in [1.29, 1.82) is 0 Å². The Balaban J connectivity index is 1.63. The normalized spacial score (nSPS) is 30.9. The molecule has 1 aromatic rings. The van der Waals surface area contributed by atoms with Gasteiger partial charge in [-0.1, -0.05) is 6.42 Å². The SMILES string of the molecule is Cc1ccsc1CNC1C2CCCC1CN(C(C)C)C2. The Bertz CT molecular complexity index is 426. The minimum Gasteiger partial charge on any atom is -0.308 e. The van der Waals surface area contributed by atoms with Gasteiger partial charge in [-0.2, -0.15) is 0 Å². The van der Waals surface area contributed by atoms with Gasteiger partial charge in [0.05, 0.1) is 0 Å². The van der Waals surface area contributed by atoms with E-state index >= 15 is 0 Å². The Morgan fingerprint density at radius 1 is 1.30 bits per heavy atom. The summed E-state index contributed by atoms with van der Waals surface area (Å²) in [5, 5.41) is 6.13. The number of fused-ring (bicyclic) bond motifs is 2. The summed E-state index contributed by atoms with van der Waals surface area (Å²) in [7, 11) is 0. The lowest BCUT2D eigenvalue weighted by atomic mass is 9.73. The van der Waals surface area contributed by atoms with Gasteiger partial charge in [0.25, 0.3) is 0 Å². The molecule has 1 N–H and O–H groups in total. The quantitative estimate of drug-likeness (QED) is 0.911. The minimum absolute atomic E-state index is 0.707. The lowest BCUT2D eigenvalue weighted by molar-refractivity contribution is 0.0291. The molecule has 0 radical (unpaired) electrons. The van der Waals surface area contributed by atoms with Gasteiger partial charge in [-0.25, -0.2) is 0 Å². The number of rotatable bonds is 4. The Hall–Kier alpha value is -0.380. The Morgan fingerprint density at radius 3 is 2.55 bits per heavy atom. The van der Waals surface area contributed by atoms with Gasteiger partial charge in [0.15, 0.2) is 0 Å². The van der Waals surface area contributed by atoms with Crippen LogP contribution in [0.4, 0.5) is 0 Å². The Kier molecular flexibility index (Phi) is 4.49. The number of nitrogens with zero attached hydrogens (tertiary/aromatic N) is 1. The molecule has 2 aliphatic rings. The molecule has 3 heteroatoms. The van der Waals surface area contributed by atoms with Crippen LogP contribution in [0, 0.1) is 18.8 Å². The zero-order chi connectivity index (χ0) is 14.1. The fourth-order valence-corrected chi connectivity index (χ4v) is 4.88. The van der Waals surface area contributed by atoms with Crippen LogP contribution in [0.5, 0.6) is 0 Å². The third-order valence-electron chi connectivity index (χ3n) is 5.30. The van der Waals surface area contributed by atoms with Crippen LogP contribution < -0.4 is 5.32 Å². The summed E-state index contributed by atoms with van der Waals surface area (Å²) in [5.74, 6) is 1.73. The summed E-state index contributed by atoms with van der Waals surface area (Å²) < 4.78 is 0. The molecule has 2 fully saturated rings. The highest BCUT2D eigenvalue weighted by molar-refractivity contribution is 7.10. The molecule has 1 aliphatic carbocycles. The van der Waals surface area contributed by atoms with Crippen LogP contribution in [0.25, 0.3) is 0 Å². The number of hydrogen-bond acceptors (Lipinski definition) is 3. The number of hydrogen-bond donors (Lipinski definition) is 1. The van der Waals surface area contributed by atoms with E-state index in [9.17, 15) is 0 Å². The number of likely N-dealkylation sites (tertiary alicyclic amines) is 1. The van der Waals surface area contributed by atoms with E-state index in [1.165, 1.54) is 42.8 Å². The van der Waals surface area contributed by atoms with Crippen molar-refractivity contribution in [2.75, 3.05) is 13.1 Å². The Morgan fingerprint density at radius 2 is 2.00 bits per heavy atom. The predicted molar refractivity (Wildman–Crippen MR) is 87.2 cm³/mol. The summed E-state index contributed by atoms with van der Waals surface area (Å²) >= 11 is 1.90. The number of nitrogens with one attached hydrogen (secondary N) is 1. The molecular formula is C17H28N2S. The maximum absolute atomic E-state index is 3.91. The van der Waals surface area contributed by atoms with Gasteiger partial charge in [0, 0.05) is 36.6 Å². The molecule has 1 aliphatic heterocycles. The molecule has 3 rings (SSSR count). The van der Waals surface area contributed by atoms with Crippen LogP contribution in [0.3, 0.4) is 0 Å². The first kappa shape index (κ1) is 14.6. The van der Waals surface area contributed by atoms with Crippen molar-refractivity contribution < 1.29 is 0 Å². The third-order valence-corrected chi connectivity index (χ3v) is 6.32. The molecule has 1 saturated carbocycles. The predicted octanol–water partition coefficient (Wildman–Crippen LogP) is 3.66. The lowest BCUT2D eigenvalue weighted by Crippen LogP contribution is -2.58. The van der Waals surface area contributed by atoms with Gasteiger partial charge in [0.1, 0.15) is 0 Å². The number of thiophene rings is 1. The first-order valence-electron chi connectivity index (χ1n) is 8.15. The van der Waals surface area contributed by atoms with Crippen molar-refractivity contribution in [3.8, 4) is 0 Å². The number of piperidine rings is 1. The van der Waals surface area contributed by atoms with Crippen LogP contribution in [0.15, 0.2) is 11.4 Å². The van der Waals surface area contributed by atoms with E-state index in [1.807, 2.05) is 11.3 Å². The fraction of sp³-hybridized carbons (Fsp3) is 0.765. The highest BCUT2D eigenvalue weighted by Gasteiger charge is 2.39. The molecule has 2 atom stereocenters. The van der Waals surface area contributed by atoms with E-state index < -0.39 is 0 Å². The molecule has 2 nitrogen and oxygen atoms in total. The summed E-state index contributed by atoms with van der Waals surface area (Å²) in [4.78, 5) is 4.22. The summed E-state index contributed by atoms with van der Waals surface area (Å²) in [6.45, 7) is 10.6. The van der Waals surface area contributed by atoms with E-state index in [4.69, 9.17) is 0 Å². The molecule has 20 heavy (non-hydrogen) atoms. The van der Waals surface area contributed by atoms with Gasteiger partial charge < -0.3 is 10.2 Å². The van der Waals surface area contributed by atoms with Crippen molar-refractivity contribution in [3.05, 3.63) is 21.9 Å². The minimum atomic E-state index is 0.707. The van der Waals surface area contributed by atoms with Crippen LogP contribution in [-0.4, -0.2) is 30.1 Å². The molecule has 1 saturated heterocycles. The summed E-state index contributed by atoms with van der Waals surface area (Å²) in [5.41, 5.74) is 1.45. The molecule has 2 heterocycles. The second kappa shape index (κ2) is 6.17. The van der Waals surface area contributed by atoms with Gasteiger partial charge in [-0.3, -0.25) is 0 Å². The van der Waals surface area contributed by atoms with Crippen LogP contribution in [0.1, 0.15) is 43.6 Å². The first-order chi connectivity index (χ1) is 9.65. The van der Waals surface area contributed by atoms with E-state index in [0.29, 0.717) is 6.04 Å². The third kappa shape index (κ3) is 2.95. The maximum Gasteiger partial charge on any atom is 0.0305 e. The first-order valence-corrected chi connectivity index (χ1v) is 9.03. The molecule has 1 aromatic heterocycles. The van der Waals surface area contributed by atoms with Crippen molar-refractivity contribution in [2.45, 2.75) is 58.7 Å². The van der Waals surface area contributed by atoms with Crippen molar-refractivity contribution >= 4 is 11.3 Å². The lowest BCUT2D eigenvalue weighted by Gasteiger charge is -2.49. The fourth-order valence-electron chi connectivity index (χ4n) is 4.02. The van der Waals surface area contributed by atoms with E-state index in [2.05, 4.69) is 42.4 Å². The number of aryl methyl sites for hydroxylation is 1. The second-order valence-corrected chi connectivity index (χ2v) is 7.93.